The minimum absolute atomic E-state index is 0.0700. The van der Waals surface area contributed by atoms with Gasteiger partial charge in [-0.25, -0.2) is 0 Å². The summed E-state index contributed by atoms with van der Waals surface area (Å²) in [6.45, 7) is 9.19. The van der Waals surface area contributed by atoms with Gasteiger partial charge in [0.15, 0.2) is 0 Å². The van der Waals surface area contributed by atoms with Gasteiger partial charge in [-0.1, -0.05) is 19.4 Å². The molecule has 1 aliphatic carbocycles. The van der Waals surface area contributed by atoms with Crippen molar-refractivity contribution in [2.24, 2.45) is 11.8 Å². The number of rotatable bonds is 6. The van der Waals surface area contributed by atoms with E-state index in [-0.39, 0.29) is 6.10 Å². The fourth-order valence-electron chi connectivity index (χ4n) is 2.26. The van der Waals surface area contributed by atoms with Crippen LogP contribution >= 0.6 is 0 Å². The number of hydrogen-bond donors (Lipinski definition) is 2. The quantitative estimate of drug-likeness (QED) is 0.661. The van der Waals surface area contributed by atoms with Crippen molar-refractivity contribution in [2.75, 3.05) is 6.54 Å². The lowest BCUT2D eigenvalue weighted by Crippen LogP contribution is -2.37. The Balaban J connectivity index is 2.20. The third kappa shape index (κ3) is 3.96. The topological polar surface area (TPSA) is 32.3 Å². The van der Waals surface area contributed by atoms with Crippen molar-refractivity contribution in [2.45, 2.75) is 51.7 Å². The number of nitrogens with one attached hydrogen (secondary N) is 1. The van der Waals surface area contributed by atoms with Crippen LogP contribution in [-0.2, 0) is 0 Å². The third-order valence-corrected chi connectivity index (χ3v) is 3.71. The number of aliphatic hydroxyl groups excluding tert-OH is 1. The summed E-state index contributed by atoms with van der Waals surface area (Å²) in [6, 6.07) is 0.510. The van der Waals surface area contributed by atoms with Crippen LogP contribution in [0.5, 0.6) is 0 Å². The highest BCUT2D eigenvalue weighted by Gasteiger charge is 2.25. The summed E-state index contributed by atoms with van der Waals surface area (Å²) in [5.41, 5.74) is 0. The highest BCUT2D eigenvalue weighted by Crippen LogP contribution is 2.25. The van der Waals surface area contributed by atoms with Crippen molar-refractivity contribution in [3.63, 3.8) is 0 Å². The predicted molar refractivity (Wildman–Crippen MR) is 64.8 cm³/mol. The van der Waals surface area contributed by atoms with Crippen molar-refractivity contribution >= 4 is 0 Å². The maximum atomic E-state index is 9.69. The first-order valence-electron chi connectivity index (χ1n) is 6.17. The maximum absolute atomic E-state index is 9.69. The van der Waals surface area contributed by atoms with E-state index in [2.05, 4.69) is 25.7 Å². The zero-order valence-electron chi connectivity index (χ0n) is 10.1. The standard InChI is InChI=1S/C13H25NO/c1-4-6-10(2)11(3)14-9-12-7-5-8-13(12)15/h4,10-15H,1,5-9H2,2-3H3. The molecule has 1 rings (SSSR count). The summed E-state index contributed by atoms with van der Waals surface area (Å²) in [6.07, 6.45) is 6.32. The minimum Gasteiger partial charge on any atom is -0.393 e. The van der Waals surface area contributed by atoms with Gasteiger partial charge in [0.05, 0.1) is 6.10 Å². The molecule has 0 radical (unpaired) electrons. The second-order valence-electron chi connectivity index (χ2n) is 4.96. The van der Waals surface area contributed by atoms with Crippen LogP contribution in [0.4, 0.5) is 0 Å². The molecule has 2 N–H and O–H groups in total. The van der Waals surface area contributed by atoms with Crippen molar-refractivity contribution in [1.29, 1.82) is 0 Å². The molecule has 2 nitrogen and oxygen atoms in total. The first kappa shape index (κ1) is 12.7. The average molecular weight is 211 g/mol. The van der Waals surface area contributed by atoms with Crippen molar-refractivity contribution < 1.29 is 5.11 Å². The van der Waals surface area contributed by atoms with Gasteiger partial charge < -0.3 is 10.4 Å². The van der Waals surface area contributed by atoms with E-state index >= 15 is 0 Å². The predicted octanol–water partition coefficient (Wildman–Crippen LogP) is 2.34. The Morgan fingerprint density at radius 2 is 2.20 bits per heavy atom. The Kier molecular flexibility index (Phi) is 5.34. The summed E-state index contributed by atoms with van der Waals surface area (Å²) in [5.74, 6) is 1.10. The normalized spacial score (nSPS) is 30.1. The lowest BCUT2D eigenvalue weighted by Gasteiger charge is -2.23. The van der Waals surface area contributed by atoms with Gasteiger partial charge >= 0.3 is 0 Å². The smallest absolute Gasteiger partial charge is 0.0580 e. The van der Waals surface area contributed by atoms with Crippen LogP contribution in [0.15, 0.2) is 12.7 Å². The van der Waals surface area contributed by atoms with Crippen molar-refractivity contribution in [3.05, 3.63) is 12.7 Å². The molecular formula is C13H25NO. The summed E-state index contributed by atoms with van der Waals surface area (Å²) < 4.78 is 0. The van der Waals surface area contributed by atoms with Crippen LogP contribution in [0.2, 0.25) is 0 Å². The second-order valence-corrected chi connectivity index (χ2v) is 4.96. The molecule has 4 unspecified atom stereocenters. The molecule has 1 saturated carbocycles. The van der Waals surface area contributed by atoms with E-state index in [4.69, 9.17) is 0 Å². The van der Waals surface area contributed by atoms with Gasteiger partial charge in [-0.05, 0) is 38.0 Å². The molecule has 0 saturated heterocycles. The molecule has 2 heteroatoms. The van der Waals surface area contributed by atoms with Crippen LogP contribution in [0.25, 0.3) is 0 Å². The average Bonchev–Trinajstić information content (AvgIpc) is 2.61. The van der Waals surface area contributed by atoms with Crippen molar-refractivity contribution in [3.8, 4) is 0 Å². The van der Waals surface area contributed by atoms with Crippen molar-refractivity contribution in [1.82, 2.24) is 5.32 Å². The molecule has 88 valence electrons. The van der Waals surface area contributed by atoms with Crippen LogP contribution in [-0.4, -0.2) is 23.8 Å². The fourth-order valence-corrected chi connectivity index (χ4v) is 2.26. The Hall–Kier alpha value is -0.340. The number of hydrogen-bond acceptors (Lipinski definition) is 2. The molecule has 15 heavy (non-hydrogen) atoms. The van der Waals surface area contributed by atoms with Crippen LogP contribution in [0.3, 0.4) is 0 Å². The summed E-state index contributed by atoms with van der Waals surface area (Å²) in [5, 5.41) is 13.2. The summed E-state index contributed by atoms with van der Waals surface area (Å²) in [4.78, 5) is 0. The highest BCUT2D eigenvalue weighted by molar-refractivity contribution is 4.82. The lowest BCUT2D eigenvalue weighted by molar-refractivity contribution is 0.128. The van der Waals surface area contributed by atoms with E-state index in [1.165, 1.54) is 12.8 Å². The SMILES string of the molecule is C=CCC(C)C(C)NCC1CCCC1O. The fraction of sp³-hybridized carbons (Fsp3) is 0.846. The highest BCUT2D eigenvalue weighted by atomic mass is 16.3. The van der Waals surface area contributed by atoms with Gasteiger partial charge in [-0.2, -0.15) is 0 Å². The molecule has 0 aromatic heterocycles. The molecule has 4 atom stereocenters. The van der Waals surface area contributed by atoms with E-state index in [9.17, 15) is 5.11 Å². The third-order valence-electron chi connectivity index (χ3n) is 3.71. The molecule has 0 spiro atoms. The number of aliphatic hydroxyl groups is 1. The van der Waals surface area contributed by atoms with Crippen LogP contribution < -0.4 is 5.32 Å². The van der Waals surface area contributed by atoms with E-state index in [0.29, 0.717) is 17.9 Å². The van der Waals surface area contributed by atoms with Crippen LogP contribution in [0, 0.1) is 11.8 Å². The Bertz CT molecular complexity index is 193. The van der Waals surface area contributed by atoms with Gasteiger partial charge in [0.2, 0.25) is 0 Å². The van der Waals surface area contributed by atoms with Gasteiger partial charge in [0, 0.05) is 12.6 Å². The molecule has 0 bridgehead atoms. The van der Waals surface area contributed by atoms with E-state index in [0.717, 1.165) is 19.4 Å². The van der Waals surface area contributed by atoms with E-state index in [1.54, 1.807) is 0 Å². The molecule has 0 aromatic carbocycles. The maximum Gasteiger partial charge on any atom is 0.0580 e. The Labute approximate surface area is 93.8 Å². The summed E-state index contributed by atoms with van der Waals surface area (Å²) in [7, 11) is 0. The molecule has 0 amide bonds. The largest absolute Gasteiger partial charge is 0.393 e. The second kappa shape index (κ2) is 6.29. The van der Waals surface area contributed by atoms with Crippen LogP contribution in [0.1, 0.15) is 39.5 Å². The zero-order valence-corrected chi connectivity index (χ0v) is 10.1. The lowest BCUT2D eigenvalue weighted by atomic mass is 9.98. The molecule has 1 aliphatic rings. The Morgan fingerprint density at radius 1 is 1.47 bits per heavy atom. The first-order chi connectivity index (χ1) is 7.15. The molecule has 1 fully saturated rings. The zero-order chi connectivity index (χ0) is 11.3. The first-order valence-corrected chi connectivity index (χ1v) is 6.17. The molecule has 0 aliphatic heterocycles. The van der Waals surface area contributed by atoms with Gasteiger partial charge in [0.25, 0.3) is 0 Å². The minimum atomic E-state index is -0.0700. The molecule has 0 heterocycles. The van der Waals surface area contributed by atoms with E-state index < -0.39 is 0 Å². The monoisotopic (exact) mass is 211 g/mol. The van der Waals surface area contributed by atoms with Gasteiger partial charge in [-0.3, -0.25) is 0 Å². The van der Waals surface area contributed by atoms with Gasteiger partial charge in [-0.15, -0.1) is 6.58 Å². The molecular weight excluding hydrogens is 186 g/mol. The molecule has 0 aromatic rings. The Morgan fingerprint density at radius 3 is 2.73 bits per heavy atom. The van der Waals surface area contributed by atoms with E-state index in [1.807, 2.05) is 6.08 Å². The number of allylic oxidation sites excluding steroid dienone is 1. The van der Waals surface area contributed by atoms with Gasteiger partial charge in [0.1, 0.15) is 0 Å². The summed E-state index contributed by atoms with van der Waals surface area (Å²) >= 11 is 0.